The molecule has 1 rings (SSSR count). The molecule has 0 amide bonds. The lowest BCUT2D eigenvalue weighted by atomic mass is 10.1. The highest BCUT2D eigenvalue weighted by Crippen LogP contribution is 2.05. The summed E-state index contributed by atoms with van der Waals surface area (Å²) in [6.45, 7) is 1.53. The van der Waals surface area contributed by atoms with Crippen LogP contribution in [0.5, 0.6) is 0 Å². The van der Waals surface area contributed by atoms with Crippen LogP contribution in [0.15, 0.2) is 24.3 Å². The number of carbonyl (C=O) groups is 1. The number of nitrogens with two attached hydrogens (primary N) is 1. The fourth-order valence-electron chi connectivity index (χ4n) is 0.718. The molecule has 0 aliphatic heterocycles. The van der Waals surface area contributed by atoms with Crippen LogP contribution in [0.25, 0.3) is 0 Å². The van der Waals surface area contributed by atoms with Crippen molar-refractivity contribution in [2.24, 2.45) is 0 Å². The molecule has 4 heteroatoms. The summed E-state index contributed by atoms with van der Waals surface area (Å²) in [5, 5.41) is 0. The van der Waals surface area contributed by atoms with Crippen molar-refractivity contribution in [1.82, 2.24) is 0 Å². The van der Waals surface area contributed by atoms with Crippen LogP contribution >= 0.6 is 0 Å². The van der Waals surface area contributed by atoms with Gasteiger partial charge in [0.1, 0.15) is 0 Å². The van der Waals surface area contributed by atoms with Gasteiger partial charge in [0.25, 0.3) is 0 Å². The van der Waals surface area contributed by atoms with Crippen LogP contribution in [0, 0.1) is 0 Å². The molecule has 0 saturated carbocycles. The Balaban J connectivity index is 0.000000336. The molecule has 0 radical (unpaired) electrons. The highest BCUT2D eigenvalue weighted by molar-refractivity contribution is 7.98. The summed E-state index contributed by atoms with van der Waals surface area (Å²) in [4.78, 5) is 10.7. The number of benzene rings is 1. The predicted molar refractivity (Wildman–Crippen MR) is 68.0 cm³/mol. The average Bonchev–Trinajstić information content (AvgIpc) is 2.01. The van der Waals surface area contributed by atoms with Gasteiger partial charge in [-0.1, -0.05) is 0 Å². The summed E-state index contributed by atoms with van der Waals surface area (Å²) in [5.74, 6) is 3.37. The molecule has 84 valence electrons. The van der Waals surface area contributed by atoms with Gasteiger partial charge in [0.2, 0.25) is 0 Å². The Morgan fingerprint density at radius 2 is 1.60 bits per heavy atom. The first kappa shape index (κ1) is 13.7. The van der Waals surface area contributed by atoms with Crippen LogP contribution in [0.4, 0.5) is 5.69 Å². The lowest BCUT2D eigenvalue weighted by Crippen LogP contribution is -1.91. The quantitative estimate of drug-likeness (QED) is 0.448. The number of ketones is 1. The topological polar surface area (TPSA) is 60.2 Å². The fraction of sp³-hybridized carbons (Fsp3) is 0.273. The number of rotatable bonds is 1. The first-order valence-corrected chi connectivity index (χ1v) is 6.88. The molecule has 0 aliphatic rings. The Bertz CT molecular complexity index is 410. The predicted octanol–water partition coefficient (Wildman–Crippen LogP) is 1.43. The Morgan fingerprint density at radius 3 is 1.87 bits per heavy atom. The van der Waals surface area contributed by atoms with E-state index in [0.29, 0.717) is 11.3 Å². The second-order valence-corrected chi connectivity index (χ2v) is 6.49. The third-order valence-corrected chi connectivity index (χ3v) is 1.32. The summed E-state index contributed by atoms with van der Waals surface area (Å²) in [6, 6.07) is 6.88. The van der Waals surface area contributed by atoms with Crippen molar-refractivity contribution in [3.8, 4) is 0 Å². The maximum Gasteiger partial charge on any atom is 0.159 e. The van der Waals surface area contributed by atoms with Crippen LogP contribution in [-0.4, -0.2) is 28.4 Å². The molecule has 0 saturated heterocycles. The Morgan fingerprint density at radius 1 is 1.27 bits per heavy atom. The van der Waals surface area contributed by atoms with Crippen molar-refractivity contribution in [3.63, 3.8) is 0 Å². The SMILES string of the molecule is C=S(C)(C)=O.CC(=O)c1ccc(N)cc1. The van der Waals surface area contributed by atoms with Gasteiger partial charge in [-0.15, -0.1) is 0 Å². The molecule has 2 N–H and O–H groups in total. The zero-order valence-electron chi connectivity index (χ0n) is 9.32. The lowest BCUT2D eigenvalue weighted by molar-refractivity contribution is 0.101. The monoisotopic (exact) mass is 227 g/mol. The first-order valence-electron chi connectivity index (χ1n) is 4.34. The van der Waals surface area contributed by atoms with E-state index in [1.807, 2.05) is 0 Å². The molecule has 0 bridgehead atoms. The van der Waals surface area contributed by atoms with E-state index in [-0.39, 0.29) is 5.78 Å². The van der Waals surface area contributed by atoms with Gasteiger partial charge in [0, 0.05) is 23.8 Å². The second kappa shape index (κ2) is 5.56. The van der Waals surface area contributed by atoms with Crippen molar-refractivity contribution >= 4 is 26.9 Å². The van der Waals surface area contributed by atoms with Gasteiger partial charge in [-0.2, -0.15) is 0 Å². The summed E-state index contributed by atoms with van der Waals surface area (Å²) in [5.41, 5.74) is 6.80. The standard InChI is InChI=1S/C8H9NO.C3H8OS/c1-6(10)7-2-4-8(9)5-3-7;1-5(2,3)4/h2-5H,9H2,1H3;1H2,2-3H3. The molecular formula is C11H17NO2S. The third kappa shape index (κ3) is 9.02. The molecule has 0 aromatic heterocycles. The third-order valence-electron chi connectivity index (χ3n) is 1.32. The van der Waals surface area contributed by atoms with E-state index in [2.05, 4.69) is 5.87 Å². The van der Waals surface area contributed by atoms with Gasteiger partial charge in [-0.25, -0.2) is 0 Å². The molecule has 0 spiro atoms. The molecule has 3 nitrogen and oxygen atoms in total. The molecule has 1 aromatic rings. The Kier molecular flexibility index (Phi) is 5.08. The van der Waals surface area contributed by atoms with Gasteiger partial charge in [0.15, 0.2) is 5.78 Å². The van der Waals surface area contributed by atoms with Crippen LogP contribution in [-0.2, 0) is 9.52 Å². The van der Waals surface area contributed by atoms with Crippen LogP contribution in [0.1, 0.15) is 17.3 Å². The smallest absolute Gasteiger partial charge is 0.159 e. The van der Waals surface area contributed by atoms with E-state index in [4.69, 9.17) is 5.73 Å². The summed E-state index contributed by atoms with van der Waals surface area (Å²) < 4.78 is 10.1. The number of Topliss-reactive ketones (excluding diaryl/α,β-unsaturated/α-hetero) is 1. The average molecular weight is 227 g/mol. The van der Waals surface area contributed by atoms with E-state index in [0.717, 1.165) is 0 Å². The number of anilines is 1. The second-order valence-electron chi connectivity index (χ2n) is 3.61. The van der Waals surface area contributed by atoms with E-state index in [9.17, 15) is 9.00 Å². The van der Waals surface area contributed by atoms with Crippen LogP contribution in [0.2, 0.25) is 0 Å². The molecule has 0 heterocycles. The van der Waals surface area contributed by atoms with Crippen LogP contribution in [0.3, 0.4) is 0 Å². The van der Waals surface area contributed by atoms with Gasteiger partial charge in [0.05, 0.1) is 0 Å². The maximum atomic E-state index is 10.7. The maximum absolute atomic E-state index is 10.7. The van der Waals surface area contributed by atoms with Crippen molar-refractivity contribution in [2.75, 3.05) is 18.2 Å². The minimum atomic E-state index is -1.67. The molecule has 0 aliphatic carbocycles. The molecule has 1 aromatic carbocycles. The van der Waals surface area contributed by atoms with Crippen molar-refractivity contribution in [3.05, 3.63) is 29.8 Å². The molecule has 0 fully saturated rings. The van der Waals surface area contributed by atoms with Gasteiger partial charge in [-0.05, 0) is 46.6 Å². The summed E-state index contributed by atoms with van der Waals surface area (Å²) >= 11 is 0. The normalized spacial score (nSPS) is 10.1. The van der Waals surface area contributed by atoms with E-state index in [1.54, 1.807) is 36.8 Å². The minimum absolute atomic E-state index is 0.0694. The first-order chi connectivity index (χ1) is 6.70. The zero-order valence-corrected chi connectivity index (χ0v) is 10.1. The highest BCUT2D eigenvalue weighted by Gasteiger charge is 1.95. The zero-order chi connectivity index (χ0) is 12.1. The number of hydrogen-bond donors (Lipinski definition) is 1. The van der Waals surface area contributed by atoms with Crippen LogP contribution < -0.4 is 5.73 Å². The lowest BCUT2D eigenvalue weighted by Gasteiger charge is -1.94. The van der Waals surface area contributed by atoms with E-state index < -0.39 is 9.52 Å². The minimum Gasteiger partial charge on any atom is -0.399 e. The molecule has 0 unspecified atom stereocenters. The fourth-order valence-corrected chi connectivity index (χ4v) is 0.718. The Labute approximate surface area is 91.3 Å². The molecule has 15 heavy (non-hydrogen) atoms. The van der Waals surface area contributed by atoms with E-state index in [1.165, 1.54) is 6.92 Å². The van der Waals surface area contributed by atoms with Gasteiger partial charge >= 0.3 is 0 Å². The Hall–Kier alpha value is -1.29. The van der Waals surface area contributed by atoms with Crippen molar-refractivity contribution in [2.45, 2.75) is 6.92 Å². The van der Waals surface area contributed by atoms with Crippen molar-refractivity contribution in [1.29, 1.82) is 0 Å². The molecular weight excluding hydrogens is 210 g/mol. The van der Waals surface area contributed by atoms with E-state index >= 15 is 0 Å². The van der Waals surface area contributed by atoms with Gasteiger partial charge < -0.3 is 5.73 Å². The van der Waals surface area contributed by atoms with Gasteiger partial charge in [-0.3, -0.25) is 9.00 Å². The number of hydrogen-bond acceptors (Lipinski definition) is 3. The number of nitrogen functional groups attached to an aromatic ring is 1. The van der Waals surface area contributed by atoms with Crippen molar-refractivity contribution < 1.29 is 9.00 Å². The summed E-state index contributed by atoms with van der Waals surface area (Å²) in [6.07, 6.45) is 3.21. The number of carbonyl (C=O) groups excluding carboxylic acids is 1. The largest absolute Gasteiger partial charge is 0.399 e. The summed E-state index contributed by atoms with van der Waals surface area (Å²) in [7, 11) is -1.67. The highest BCUT2D eigenvalue weighted by atomic mass is 32.2. The molecule has 0 atom stereocenters.